The maximum Gasteiger partial charge on any atom is 0.252 e. The van der Waals surface area contributed by atoms with E-state index in [1.54, 1.807) is 30.2 Å². The number of aromatic nitrogens is 5. The minimum absolute atomic E-state index is 0.174. The maximum absolute atomic E-state index is 13.6. The minimum atomic E-state index is -0.301. The number of tetrazole rings is 1. The number of nitrogens with one attached hydrogen (secondary N) is 1. The third-order valence-electron chi connectivity index (χ3n) is 6.37. The van der Waals surface area contributed by atoms with Crippen molar-refractivity contribution in [3.63, 3.8) is 0 Å². The molecule has 37 heavy (non-hydrogen) atoms. The largest absolute Gasteiger partial charge is 0.497 e. The van der Waals surface area contributed by atoms with Crippen LogP contribution >= 0.6 is 0 Å². The van der Waals surface area contributed by atoms with Gasteiger partial charge in [0.2, 0.25) is 0 Å². The molecule has 0 amide bonds. The van der Waals surface area contributed by atoms with Gasteiger partial charge in [-0.3, -0.25) is 9.69 Å². The van der Waals surface area contributed by atoms with Gasteiger partial charge in [-0.25, -0.2) is 9.07 Å². The summed E-state index contributed by atoms with van der Waals surface area (Å²) in [5.41, 5.74) is 2.05. The number of H-pyrrole nitrogens is 1. The van der Waals surface area contributed by atoms with E-state index in [1.165, 1.54) is 12.1 Å². The fourth-order valence-corrected chi connectivity index (χ4v) is 4.51. The van der Waals surface area contributed by atoms with Crippen molar-refractivity contribution in [2.75, 3.05) is 7.11 Å². The summed E-state index contributed by atoms with van der Waals surface area (Å²) in [5.74, 6) is 1.79. The van der Waals surface area contributed by atoms with Crippen LogP contribution in [0.4, 0.5) is 4.39 Å². The second-order valence-corrected chi connectivity index (χ2v) is 8.81. The van der Waals surface area contributed by atoms with Crippen molar-refractivity contribution in [1.82, 2.24) is 30.1 Å². The van der Waals surface area contributed by atoms with Gasteiger partial charge in [-0.05, 0) is 70.9 Å². The van der Waals surface area contributed by atoms with Crippen LogP contribution in [0.25, 0.3) is 10.9 Å². The number of furan rings is 1. The van der Waals surface area contributed by atoms with Crippen LogP contribution in [0.2, 0.25) is 0 Å². The van der Waals surface area contributed by atoms with E-state index in [2.05, 4.69) is 25.4 Å². The predicted octanol–water partition coefficient (Wildman–Crippen LogP) is 4.46. The molecule has 0 bridgehead atoms. The topological polar surface area (TPSA) is 102 Å². The molecular weight excluding hydrogens is 475 g/mol. The average Bonchev–Trinajstić information content (AvgIpc) is 3.59. The molecule has 0 saturated heterocycles. The van der Waals surface area contributed by atoms with Crippen molar-refractivity contribution in [2.45, 2.75) is 39.0 Å². The zero-order valence-corrected chi connectivity index (χ0v) is 20.6. The van der Waals surface area contributed by atoms with E-state index in [0.29, 0.717) is 43.2 Å². The Labute approximate surface area is 212 Å². The molecule has 3 aromatic heterocycles. The van der Waals surface area contributed by atoms with E-state index >= 15 is 0 Å². The van der Waals surface area contributed by atoms with Gasteiger partial charge in [0.05, 0.1) is 19.4 Å². The first-order valence-electron chi connectivity index (χ1n) is 12.0. The lowest BCUT2D eigenvalue weighted by Crippen LogP contribution is -2.32. The van der Waals surface area contributed by atoms with Crippen LogP contribution in [-0.2, 0) is 19.6 Å². The number of aromatic amines is 1. The molecule has 1 unspecified atom stereocenters. The van der Waals surface area contributed by atoms with Gasteiger partial charge in [-0.2, -0.15) is 0 Å². The van der Waals surface area contributed by atoms with Crippen LogP contribution in [0, 0.1) is 5.82 Å². The van der Waals surface area contributed by atoms with Gasteiger partial charge in [-0.15, -0.1) is 5.10 Å². The molecule has 1 atom stereocenters. The van der Waals surface area contributed by atoms with E-state index in [1.807, 2.05) is 43.3 Å². The molecule has 0 aliphatic heterocycles. The van der Waals surface area contributed by atoms with Crippen molar-refractivity contribution in [3.05, 3.63) is 106 Å². The fraction of sp³-hybridized carbons (Fsp3) is 0.259. The van der Waals surface area contributed by atoms with Crippen LogP contribution in [0.3, 0.4) is 0 Å². The molecule has 3 heterocycles. The van der Waals surface area contributed by atoms with Crippen molar-refractivity contribution in [2.24, 2.45) is 0 Å². The molecule has 0 saturated carbocycles. The molecule has 5 rings (SSSR count). The Bertz CT molecular complexity index is 1530. The number of nitrogens with zero attached hydrogens (tertiary/aromatic N) is 5. The number of methoxy groups -OCH3 is 1. The number of hydrogen-bond acceptors (Lipinski definition) is 7. The number of pyridine rings is 1. The normalized spacial score (nSPS) is 12.3. The Morgan fingerprint density at radius 3 is 2.70 bits per heavy atom. The van der Waals surface area contributed by atoms with Crippen molar-refractivity contribution in [3.8, 4) is 5.75 Å². The Balaban J connectivity index is 1.52. The van der Waals surface area contributed by atoms with E-state index in [4.69, 9.17) is 9.15 Å². The summed E-state index contributed by atoms with van der Waals surface area (Å²) in [6, 6.07) is 17.2. The quantitative estimate of drug-likeness (QED) is 0.301. The summed E-state index contributed by atoms with van der Waals surface area (Å²) in [6.07, 6.45) is 2.29. The summed E-state index contributed by atoms with van der Waals surface area (Å²) >= 11 is 0. The molecule has 0 aliphatic carbocycles. The molecule has 1 N–H and O–H groups in total. The summed E-state index contributed by atoms with van der Waals surface area (Å²) < 4.78 is 26.2. The third kappa shape index (κ3) is 5.44. The smallest absolute Gasteiger partial charge is 0.252 e. The molecule has 190 valence electrons. The lowest BCUT2D eigenvalue weighted by Gasteiger charge is -2.30. The zero-order valence-electron chi connectivity index (χ0n) is 20.6. The molecule has 5 aromatic rings. The SMILES string of the molecule is CCC(c1nnnn1Cc1ccco1)N(Cc1ccc(F)cc1)Cc1cc2cc(OC)ccc2[nH]c1=O. The molecule has 0 fully saturated rings. The molecule has 0 aliphatic rings. The molecule has 10 heteroatoms. The van der Waals surface area contributed by atoms with Crippen LogP contribution < -0.4 is 10.3 Å². The lowest BCUT2D eigenvalue weighted by atomic mass is 10.1. The van der Waals surface area contributed by atoms with Gasteiger partial charge in [0.15, 0.2) is 5.82 Å². The average molecular weight is 503 g/mol. The second-order valence-electron chi connectivity index (χ2n) is 8.81. The van der Waals surface area contributed by atoms with Crippen LogP contribution in [0.15, 0.2) is 76.1 Å². The van der Waals surface area contributed by atoms with Crippen LogP contribution in [0.5, 0.6) is 5.75 Å². The van der Waals surface area contributed by atoms with Gasteiger partial charge < -0.3 is 14.1 Å². The highest BCUT2D eigenvalue weighted by atomic mass is 19.1. The number of ether oxygens (including phenoxy) is 1. The molecule has 0 radical (unpaired) electrons. The lowest BCUT2D eigenvalue weighted by molar-refractivity contribution is 0.161. The minimum Gasteiger partial charge on any atom is -0.497 e. The van der Waals surface area contributed by atoms with Gasteiger partial charge in [0, 0.05) is 29.6 Å². The number of halogens is 1. The van der Waals surface area contributed by atoms with Gasteiger partial charge in [-0.1, -0.05) is 19.1 Å². The standard InChI is InChI=1S/C27H27FN6O3/c1-3-25(26-30-31-32-34(26)17-23-5-4-12-37-23)33(15-18-6-8-21(28)9-7-18)16-20-13-19-14-22(36-2)10-11-24(19)29-27(20)35/h4-14,25H,3,15-17H2,1-2H3,(H,29,35). The Kier molecular flexibility index (Phi) is 7.09. The van der Waals surface area contributed by atoms with Gasteiger partial charge in [0.25, 0.3) is 5.56 Å². The monoisotopic (exact) mass is 502 g/mol. The summed E-state index contributed by atoms with van der Waals surface area (Å²) in [5, 5.41) is 13.3. The van der Waals surface area contributed by atoms with Crippen LogP contribution in [0.1, 0.15) is 42.1 Å². The predicted molar refractivity (Wildman–Crippen MR) is 135 cm³/mol. The molecule has 0 spiro atoms. The van der Waals surface area contributed by atoms with E-state index in [9.17, 15) is 9.18 Å². The number of fused-ring (bicyclic) bond motifs is 1. The van der Waals surface area contributed by atoms with Crippen molar-refractivity contribution >= 4 is 10.9 Å². The highest BCUT2D eigenvalue weighted by molar-refractivity contribution is 5.80. The summed E-state index contributed by atoms with van der Waals surface area (Å²) in [7, 11) is 1.61. The zero-order chi connectivity index (χ0) is 25.8. The van der Waals surface area contributed by atoms with Crippen molar-refractivity contribution < 1.29 is 13.5 Å². The highest BCUT2D eigenvalue weighted by Crippen LogP contribution is 2.27. The molecule has 2 aromatic carbocycles. The van der Waals surface area contributed by atoms with E-state index < -0.39 is 0 Å². The first kappa shape index (κ1) is 24.4. The van der Waals surface area contributed by atoms with E-state index in [0.717, 1.165) is 22.2 Å². The van der Waals surface area contributed by atoms with Gasteiger partial charge >= 0.3 is 0 Å². The second kappa shape index (κ2) is 10.8. The van der Waals surface area contributed by atoms with Gasteiger partial charge in [0.1, 0.15) is 23.9 Å². The number of rotatable bonds is 10. The van der Waals surface area contributed by atoms with Crippen LogP contribution in [-0.4, -0.2) is 37.2 Å². The summed E-state index contributed by atoms with van der Waals surface area (Å²) in [4.78, 5) is 18.2. The Morgan fingerprint density at radius 2 is 1.97 bits per heavy atom. The van der Waals surface area contributed by atoms with E-state index in [-0.39, 0.29) is 17.4 Å². The number of benzene rings is 2. The maximum atomic E-state index is 13.6. The third-order valence-corrected chi connectivity index (χ3v) is 6.37. The first-order valence-corrected chi connectivity index (χ1v) is 12.0. The fourth-order valence-electron chi connectivity index (χ4n) is 4.51. The first-order chi connectivity index (χ1) is 18.0. The summed E-state index contributed by atoms with van der Waals surface area (Å²) in [6.45, 7) is 3.21. The van der Waals surface area contributed by atoms with Crippen molar-refractivity contribution in [1.29, 1.82) is 0 Å². The Morgan fingerprint density at radius 1 is 1.14 bits per heavy atom. The number of hydrogen-bond donors (Lipinski definition) is 1. The Hall–Kier alpha value is -4.31. The molecular formula is C27H27FN6O3. The molecule has 9 nitrogen and oxygen atoms in total. The highest BCUT2D eigenvalue weighted by Gasteiger charge is 2.26.